The van der Waals surface area contributed by atoms with Crippen LogP contribution in [0, 0.1) is 11.3 Å². The Labute approximate surface area is 238 Å². The van der Waals surface area contributed by atoms with Crippen molar-refractivity contribution in [2.75, 3.05) is 6.54 Å². The van der Waals surface area contributed by atoms with Crippen LogP contribution < -0.4 is 26.0 Å². The highest BCUT2D eigenvalue weighted by atomic mass is 19.3. The Morgan fingerprint density at radius 2 is 1.78 bits per heavy atom. The molecule has 41 heavy (non-hydrogen) atoms. The second kappa shape index (κ2) is 13.9. The average molecular weight is 579 g/mol. The fraction of sp³-hybridized carbons (Fsp3) is 0.621. The van der Waals surface area contributed by atoms with Gasteiger partial charge in [-0.15, -0.1) is 0 Å². The molecule has 226 valence electrons. The van der Waals surface area contributed by atoms with Crippen LogP contribution >= 0.6 is 0 Å². The van der Waals surface area contributed by atoms with Crippen molar-refractivity contribution in [2.45, 2.75) is 96.9 Å². The summed E-state index contributed by atoms with van der Waals surface area (Å²) in [4.78, 5) is 64.3. The average Bonchev–Trinajstić information content (AvgIpc) is 3.60. The third-order valence-electron chi connectivity index (χ3n) is 7.06. The summed E-state index contributed by atoms with van der Waals surface area (Å²) < 4.78 is 29.7. The molecule has 1 heterocycles. The van der Waals surface area contributed by atoms with Gasteiger partial charge in [0.1, 0.15) is 11.8 Å². The molecule has 0 spiro atoms. The Morgan fingerprint density at radius 3 is 2.37 bits per heavy atom. The zero-order valence-electron chi connectivity index (χ0n) is 23.9. The van der Waals surface area contributed by atoms with E-state index in [1.807, 2.05) is 20.8 Å². The molecule has 1 aromatic carbocycles. The van der Waals surface area contributed by atoms with Crippen LogP contribution in [-0.4, -0.2) is 60.7 Å². The lowest BCUT2D eigenvalue weighted by Crippen LogP contribution is -2.55. The Kier molecular flexibility index (Phi) is 10.8. The number of halogens is 2. The van der Waals surface area contributed by atoms with Crippen LogP contribution in [0.25, 0.3) is 0 Å². The standard InChI is InChI=1S/C29H40F2N4O6/c1-16(17-6-5-7-20(13-17)41-28(30)31)12-23(36)34-22(15-29(2,3)4)26(39)35-21(14-18-10-11-32-25(18)38)24(37)27(40)33-19-8-9-19/h5-7,13,16,18-19,21-22,28H,8-12,14-15H2,1-4H3,(H,32,38)(H,33,40)(H,34,36)(H,35,39)/t16-,18-,21?,22-/m0/s1. The number of benzene rings is 1. The molecule has 4 amide bonds. The monoisotopic (exact) mass is 578 g/mol. The highest BCUT2D eigenvalue weighted by Gasteiger charge is 2.37. The van der Waals surface area contributed by atoms with Gasteiger partial charge < -0.3 is 26.0 Å². The molecular formula is C29H40F2N4O6. The first-order chi connectivity index (χ1) is 19.2. The molecule has 1 aliphatic carbocycles. The van der Waals surface area contributed by atoms with Gasteiger partial charge in [0, 0.05) is 24.9 Å². The minimum Gasteiger partial charge on any atom is -0.435 e. The van der Waals surface area contributed by atoms with Gasteiger partial charge in [0.15, 0.2) is 0 Å². The fourth-order valence-corrected chi connectivity index (χ4v) is 4.77. The zero-order chi connectivity index (χ0) is 30.3. The van der Waals surface area contributed by atoms with Crippen LogP contribution in [0.3, 0.4) is 0 Å². The first-order valence-electron chi connectivity index (χ1n) is 14.0. The van der Waals surface area contributed by atoms with E-state index in [1.54, 1.807) is 19.1 Å². The lowest BCUT2D eigenvalue weighted by atomic mass is 9.87. The Morgan fingerprint density at radius 1 is 1.07 bits per heavy atom. The molecule has 10 nitrogen and oxygen atoms in total. The maximum Gasteiger partial charge on any atom is 0.387 e. The number of nitrogens with one attached hydrogen (secondary N) is 4. The van der Waals surface area contributed by atoms with Gasteiger partial charge in [0.2, 0.25) is 23.5 Å². The number of carbonyl (C=O) groups excluding carboxylic acids is 5. The van der Waals surface area contributed by atoms with Gasteiger partial charge in [-0.3, -0.25) is 24.0 Å². The molecule has 4 atom stereocenters. The number of hydrogen-bond donors (Lipinski definition) is 4. The maximum atomic E-state index is 13.5. The molecule has 1 aromatic rings. The van der Waals surface area contributed by atoms with E-state index in [0.29, 0.717) is 18.5 Å². The summed E-state index contributed by atoms with van der Waals surface area (Å²) in [6.45, 7) is 4.91. The topological polar surface area (TPSA) is 143 Å². The van der Waals surface area contributed by atoms with E-state index < -0.39 is 53.5 Å². The summed E-state index contributed by atoms with van der Waals surface area (Å²) in [5, 5.41) is 10.7. The predicted molar refractivity (Wildman–Crippen MR) is 146 cm³/mol. The molecule has 0 aromatic heterocycles. The van der Waals surface area contributed by atoms with Gasteiger partial charge in [0.05, 0.1) is 6.04 Å². The van der Waals surface area contributed by atoms with E-state index >= 15 is 0 Å². The Balaban J connectivity index is 1.71. The Bertz CT molecular complexity index is 1130. The van der Waals surface area contributed by atoms with E-state index in [4.69, 9.17) is 0 Å². The Hall–Kier alpha value is -3.57. The smallest absolute Gasteiger partial charge is 0.387 e. The van der Waals surface area contributed by atoms with Crippen molar-refractivity contribution < 1.29 is 37.5 Å². The van der Waals surface area contributed by atoms with E-state index in [-0.39, 0.29) is 42.9 Å². The highest BCUT2D eigenvalue weighted by Crippen LogP contribution is 2.26. The normalized spacial score (nSPS) is 19.1. The molecule has 1 saturated heterocycles. The third kappa shape index (κ3) is 10.4. The van der Waals surface area contributed by atoms with E-state index in [9.17, 15) is 32.8 Å². The zero-order valence-corrected chi connectivity index (χ0v) is 23.9. The second-order valence-corrected chi connectivity index (χ2v) is 12.1. The number of rotatable bonds is 14. The van der Waals surface area contributed by atoms with Gasteiger partial charge in [-0.1, -0.05) is 39.8 Å². The number of ether oxygens (including phenoxy) is 1. The lowest BCUT2D eigenvalue weighted by Gasteiger charge is -2.28. The second-order valence-electron chi connectivity index (χ2n) is 12.1. The number of carbonyl (C=O) groups is 5. The summed E-state index contributed by atoms with van der Waals surface area (Å²) >= 11 is 0. The van der Waals surface area contributed by atoms with Gasteiger partial charge in [0.25, 0.3) is 5.91 Å². The van der Waals surface area contributed by atoms with Gasteiger partial charge in [-0.2, -0.15) is 8.78 Å². The number of hydrogen-bond acceptors (Lipinski definition) is 6. The first kappa shape index (κ1) is 32.0. The fourth-order valence-electron chi connectivity index (χ4n) is 4.77. The van der Waals surface area contributed by atoms with Crippen molar-refractivity contribution in [3.05, 3.63) is 29.8 Å². The minimum atomic E-state index is -2.97. The van der Waals surface area contributed by atoms with Crippen LogP contribution in [0.5, 0.6) is 5.75 Å². The van der Waals surface area contributed by atoms with E-state index in [1.165, 1.54) is 12.1 Å². The molecule has 4 N–H and O–H groups in total. The van der Waals surface area contributed by atoms with E-state index in [2.05, 4.69) is 26.0 Å². The molecule has 2 fully saturated rings. The van der Waals surface area contributed by atoms with Crippen LogP contribution in [0.2, 0.25) is 0 Å². The number of ketones is 1. The molecule has 12 heteroatoms. The van der Waals surface area contributed by atoms with Crippen molar-refractivity contribution in [3.63, 3.8) is 0 Å². The molecule has 2 aliphatic rings. The maximum absolute atomic E-state index is 13.5. The quantitative estimate of drug-likeness (QED) is 0.250. The molecule has 0 bridgehead atoms. The van der Waals surface area contributed by atoms with Crippen molar-refractivity contribution in [1.82, 2.24) is 21.3 Å². The van der Waals surface area contributed by atoms with Crippen molar-refractivity contribution in [2.24, 2.45) is 11.3 Å². The SMILES string of the molecule is C[C@@H](CC(=O)N[C@@H](CC(C)(C)C)C(=O)NC(C[C@@H]1CCNC1=O)C(=O)C(=O)NC1CC1)c1cccc(OC(F)F)c1. The largest absolute Gasteiger partial charge is 0.435 e. The number of amides is 4. The lowest BCUT2D eigenvalue weighted by molar-refractivity contribution is -0.141. The molecule has 3 rings (SSSR count). The van der Waals surface area contributed by atoms with Crippen LogP contribution in [-0.2, 0) is 24.0 Å². The molecule has 0 radical (unpaired) electrons. The van der Waals surface area contributed by atoms with Crippen molar-refractivity contribution >= 4 is 29.4 Å². The van der Waals surface area contributed by atoms with Gasteiger partial charge >= 0.3 is 6.61 Å². The van der Waals surface area contributed by atoms with Crippen molar-refractivity contribution in [3.8, 4) is 5.75 Å². The predicted octanol–water partition coefficient (Wildman–Crippen LogP) is 2.56. The molecular weight excluding hydrogens is 538 g/mol. The summed E-state index contributed by atoms with van der Waals surface area (Å²) in [6.07, 6.45) is 2.20. The summed E-state index contributed by atoms with van der Waals surface area (Å²) in [6, 6.07) is 3.76. The summed E-state index contributed by atoms with van der Waals surface area (Å²) in [5.74, 6) is -3.89. The highest BCUT2D eigenvalue weighted by molar-refractivity contribution is 6.38. The van der Waals surface area contributed by atoms with Crippen LogP contribution in [0.1, 0.15) is 77.7 Å². The summed E-state index contributed by atoms with van der Waals surface area (Å²) in [5.41, 5.74) is 0.216. The van der Waals surface area contributed by atoms with Gasteiger partial charge in [-0.25, -0.2) is 0 Å². The van der Waals surface area contributed by atoms with Crippen LogP contribution in [0.4, 0.5) is 8.78 Å². The van der Waals surface area contributed by atoms with Gasteiger partial charge in [-0.05, 0) is 61.1 Å². The number of Topliss-reactive ketones (excluding diaryl/α,β-unsaturated/α-hetero) is 1. The summed E-state index contributed by atoms with van der Waals surface area (Å²) in [7, 11) is 0. The van der Waals surface area contributed by atoms with Crippen LogP contribution in [0.15, 0.2) is 24.3 Å². The molecule has 1 aliphatic heterocycles. The minimum absolute atomic E-state index is 0.0212. The molecule has 1 saturated carbocycles. The third-order valence-corrected chi connectivity index (χ3v) is 7.06. The molecule has 1 unspecified atom stereocenters. The number of alkyl halides is 2. The van der Waals surface area contributed by atoms with Crippen molar-refractivity contribution in [1.29, 1.82) is 0 Å². The van der Waals surface area contributed by atoms with E-state index in [0.717, 1.165) is 12.8 Å². The first-order valence-corrected chi connectivity index (χ1v) is 14.0.